The molecule has 68 heavy (non-hydrogen) atoms. The first-order valence-corrected chi connectivity index (χ1v) is 25.2. The highest BCUT2D eigenvalue weighted by Crippen LogP contribution is 2.83. The largest absolute Gasteiger partial charge is 0.293 e. The zero-order valence-corrected chi connectivity index (χ0v) is 34.4. The fraction of sp³-hybridized carbons (Fsp3) is 0.0299. The summed E-state index contributed by atoms with van der Waals surface area (Å²) in [4.78, 5) is 17.4. The molecule has 0 aromatic heterocycles. The molecular formula is C67H6O. The monoisotopic (exact) mass is 826 g/mol. The maximum Gasteiger partial charge on any atom is 0.178 e. The van der Waals surface area contributed by atoms with Crippen LogP contribution in [0.4, 0.5) is 0 Å². The van der Waals surface area contributed by atoms with Crippen molar-refractivity contribution in [3.8, 4) is 0 Å². The topological polar surface area (TPSA) is 17.1 Å². The molecule has 0 heterocycles. The standard InChI is InChI=1S/C67H6O/c68-66(6-4-2-1-3-5-6)67-63-59-53-39-31-23-11-8-7-9-12(11)24-26-22-16(9)18-14-10(7)13-17-15(8)21-25(23)37(39)45-43-29(21)27(17)35-33-19(13)20(14)34-36-28(18)30(22)44-46-38(26)40(32(24)31)54(53)60(63)56(46)58-50(44)48(36)52-42(34)41(33)51-47(35)49(43)57(55(45)59)64(67)61(51)62(52)65(58)67/h1-5,63H. The molecular weight excluding hydrogens is 821 g/mol. The number of benzene rings is 19. The molecule has 4 aliphatic rings. The summed E-state index contributed by atoms with van der Waals surface area (Å²) >= 11 is 0. The maximum atomic E-state index is 17.4. The fourth-order valence-corrected chi connectivity index (χ4v) is 24.4. The first-order valence-electron chi connectivity index (χ1n) is 25.2. The van der Waals surface area contributed by atoms with E-state index in [0.717, 1.165) is 5.56 Å². The number of ketones is 1. The zero-order valence-electron chi connectivity index (χ0n) is 34.4. The Balaban J connectivity index is 1.22. The molecule has 0 bridgehead atoms. The zero-order chi connectivity index (χ0) is 40.3. The van der Waals surface area contributed by atoms with Crippen LogP contribution in [0, 0.1) is 0 Å². The minimum Gasteiger partial charge on any atom is -0.293 e. The van der Waals surface area contributed by atoms with Gasteiger partial charge in [0, 0.05) is 11.5 Å². The number of carbonyl (C=O) groups is 1. The molecule has 0 saturated heterocycles. The van der Waals surface area contributed by atoms with Gasteiger partial charge in [-0.1, -0.05) is 30.3 Å². The molecule has 0 spiro atoms. The van der Waals surface area contributed by atoms with Crippen molar-refractivity contribution in [3.05, 3.63) is 58.1 Å². The third kappa shape index (κ3) is 1.29. The van der Waals surface area contributed by atoms with Gasteiger partial charge in [0.15, 0.2) is 5.78 Å². The average Bonchev–Trinajstić information content (AvgIpc) is 4.28. The van der Waals surface area contributed by atoms with Gasteiger partial charge in [-0.2, -0.15) is 0 Å². The lowest BCUT2D eigenvalue weighted by molar-refractivity contribution is 0.0904. The van der Waals surface area contributed by atoms with Gasteiger partial charge in [0.05, 0.1) is 5.41 Å². The lowest BCUT2D eigenvalue weighted by Crippen LogP contribution is -2.44. The average molecular weight is 827 g/mol. The van der Waals surface area contributed by atoms with E-state index in [1.807, 2.05) is 0 Å². The molecule has 0 saturated carbocycles. The Morgan fingerprint density at radius 1 is 0.235 bits per heavy atom. The lowest BCUT2D eigenvalue weighted by Gasteiger charge is -2.44. The molecule has 29 aromatic rings. The molecule has 0 N–H and O–H groups in total. The molecule has 0 aliphatic heterocycles. The fourth-order valence-electron chi connectivity index (χ4n) is 24.4. The van der Waals surface area contributed by atoms with Gasteiger partial charge in [0.25, 0.3) is 0 Å². The number of carbonyl (C=O) groups excluding carboxylic acids is 1. The minimum absolute atomic E-state index is 0.0687. The van der Waals surface area contributed by atoms with E-state index in [1.165, 1.54) is 54.2 Å². The molecule has 280 valence electrons. The SMILES string of the molecule is O=C(c1ccccc1)C12c3c4c5c6c7c8c(c9c%10c1c1c3c3c%11c4c4c5c5c7c7c%12c8c8c9c9c%10c%10c1c1c3c3c%11c%11c4c4c5c7c5c7c%12c8c8c9c9c%10c1c1c3c3c%11c4c5c4c7c8c9c1c34)C62. The Kier molecular flexibility index (Phi) is 2.03. The van der Waals surface area contributed by atoms with Gasteiger partial charge in [0.1, 0.15) is 0 Å². The summed E-state index contributed by atoms with van der Waals surface area (Å²) in [6, 6.07) is 10.7. The summed E-state index contributed by atoms with van der Waals surface area (Å²) in [6.07, 6.45) is 0. The van der Waals surface area contributed by atoms with Gasteiger partial charge in [-0.05, 0) is 313 Å². The molecule has 1 heteroatoms. The summed E-state index contributed by atoms with van der Waals surface area (Å²) < 4.78 is 0. The van der Waals surface area contributed by atoms with Crippen molar-refractivity contribution in [2.45, 2.75) is 11.3 Å². The highest BCUT2D eigenvalue weighted by Gasteiger charge is 2.65. The van der Waals surface area contributed by atoms with E-state index in [4.69, 9.17) is 0 Å². The molecule has 0 unspecified atom stereocenters. The van der Waals surface area contributed by atoms with Crippen LogP contribution < -0.4 is 0 Å². The molecule has 33 rings (SSSR count). The van der Waals surface area contributed by atoms with Crippen molar-refractivity contribution in [2.24, 2.45) is 0 Å². The van der Waals surface area contributed by atoms with Gasteiger partial charge in [-0.15, -0.1) is 0 Å². The van der Waals surface area contributed by atoms with Gasteiger partial charge < -0.3 is 0 Å². The van der Waals surface area contributed by atoms with Crippen molar-refractivity contribution in [3.63, 3.8) is 0 Å². The third-order valence-corrected chi connectivity index (χ3v) is 24.5. The van der Waals surface area contributed by atoms with Crippen LogP contribution in [-0.4, -0.2) is 5.78 Å². The maximum absolute atomic E-state index is 17.4. The lowest BCUT2D eigenvalue weighted by atomic mass is 9.55. The summed E-state index contributed by atoms with van der Waals surface area (Å²) in [5, 5.41) is 85.2. The second-order valence-electron chi connectivity index (χ2n) is 24.8. The predicted molar refractivity (Wildman–Crippen MR) is 286 cm³/mol. The van der Waals surface area contributed by atoms with Crippen molar-refractivity contribution in [2.75, 3.05) is 0 Å². The van der Waals surface area contributed by atoms with Crippen LogP contribution in [0.1, 0.15) is 38.5 Å². The van der Waals surface area contributed by atoms with Gasteiger partial charge in [0.2, 0.25) is 0 Å². The van der Waals surface area contributed by atoms with Gasteiger partial charge in [-0.25, -0.2) is 0 Å². The van der Waals surface area contributed by atoms with Crippen LogP contribution in [0.3, 0.4) is 0 Å². The molecule has 0 radical (unpaired) electrons. The van der Waals surface area contributed by atoms with Crippen molar-refractivity contribution in [1.82, 2.24) is 0 Å². The molecule has 1 nitrogen and oxygen atoms in total. The molecule has 4 aliphatic carbocycles. The number of Topliss-reactive ketones (excluding diaryl/α,β-unsaturated/α-hetero) is 1. The number of hydrogen-bond donors (Lipinski definition) is 0. The van der Waals surface area contributed by atoms with Crippen LogP contribution >= 0.6 is 0 Å². The van der Waals surface area contributed by atoms with Crippen molar-refractivity contribution in [1.29, 1.82) is 0 Å². The van der Waals surface area contributed by atoms with Crippen molar-refractivity contribution < 1.29 is 4.79 Å². The summed E-state index contributed by atoms with van der Waals surface area (Å²) in [5.41, 5.74) is 5.95. The summed E-state index contributed by atoms with van der Waals surface area (Å²) in [5.74, 6) is 0.277. The Morgan fingerprint density at radius 2 is 0.412 bits per heavy atom. The molecule has 29 aromatic carbocycles. The van der Waals surface area contributed by atoms with Crippen LogP contribution in [0.15, 0.2) is 30.3 Å². The predicted octanol–water partition coefficient (Wildman–Crippen LogP) is 18.0. The molecule has 0 atom stereocenters. The summed E-state index contributed by atoms with van der Waals surface area (Å²) in [7, 11) is 0. The van der Waals surface area contributed by atoms with E-state index in [0.29, 0.717) is 5.78 Å². The van der Waals surface area contributed by atoms with E-state index in [-0.39, 0.29) is 5.92 Å². The van der Waals surface area contributed by atoms with Crippen LogP contribution in [-0.2, 0) is 5.41 Å². The second kappa shape index (κ2) is 5.59. The number of hydrogen-bond acceptors (Lipinski definition) is 1. The molecule has 0 amide bonds. The van der Waals surface area contributed by atoms with Crippen molar-refractivity contribution >= 4 is 297 Å². The minimum atomic E-state index is -0.868. The first-order chi connectivity index (χ1) is 33.9. The second-order valence-corrected chi connectivity index (χ2v) is 24.8. The molecule has 0 fully saturated rings. The smallest absolute Gasteiger partial charge is 0.178 e. The van der Waals surface area contributed by atoms with Crippen LogP contribution in [0.25, 0.3) is 291 Å². The van der Waals surface area contributed by atoms with Crippen LogP contribution in [0.2, 0.25) is 0 Å². The van der Waals surface area contributed by atoms with E-state index < -0.39 is 5.41 Å². The first kappa shape index (κ1) is 24.8. The third-order valence-electron chi connectivity index (χ3n) is 24.5. The van der Waals surface area contributed by atoms with Gasteiger partial charge in [-0.3, -0.25) is 4.79 Å². The van der Waals surface area contributed by atoms with E-state index in [9.17, 15) is 0 Å². The van der Waals surface area contributed by atoms with Gasteiger partial charge >= 0.3 is 0 Å². The normalized spacial score (nSPS) is 20.9. The summed E-state index contributed by atoms with van der Waals surface area (Å²) in [6.45, 7) is 0. The van der Waals surface area contributed by atoms with E-state index in [2.05, 4.69) is 30.3 Å². The van der Waals surface area contributed by atoms with E-state index in [1.54, 1.807) is 259 Å². The van der Waals surface area contributed by atoms with E-state index >= 15 is 4.79 Å². The highest BCUT2D eigenvalue weighted by atomic mass is 16.1. The Labute approximate surface area is 369 Å². The Morgan fingerprint density at radius 3 is 0.647 bits per heavy atom. The van der Waals surface area contributed by atoms with Crippen LogP contribution in [0.5, 0.6) is 0 Å². The Hall–Kier alpha value is -8.65. The quantitative estimate of drug-likeness (QED) is 0.125. The highest BCUT2D eigenvalue weighted by molar-refractivity contribution is 6.82. The number of rotatable bonds is 2. The Bertz CT molecular complexity index is 7090.